The third-order valence-electron chi connectivity index (χ3n) is 3.47. The number of ether oxygens (including phenoxy) is 1. The zero-order valence-corrected chi connectivity index (χ0v) is 11.8. The molecular formula is C16H19NO3. The number of ketones is 1. The monoisotopic (exact) mass is 273 g/mol. The predicted molar refractivity (Wildman–Crippen MR) is 75.9 cm³/mol. The summed E-state index contributed by atoms with van der Waals surface area (Å²) in [5, 5.41) is 0. The summed E-state index contributed by atoms with van der Waals surface area (Å²) < 4.78 is 4.93. The second-order valence-electron chi connectivity index (χ2n) is 4.76. The highest BCUT2D eigenvalue weighted by atomic mass is 16.5. The summed E-state index contributed by atoms with van der Waals surface area (Å²) in [5.41, 5.74) is 1.31. The van der Waals surface area contributed by atoms with Gasteiger partial charge in [-0.2, -0.15) is 0 Å². The maximum Gasteiger partial charge on any atom is 0.343 e. The largest absolute Gasteiger partial charge is 0.462 e. The summed E-state index contributed by atoms with van der Waals surface area (Å²) in [7, 11) is 0. The van der Waals surface area contributed by atoms with Crippen molar-refractivity contribution in [3.63, 3.8) is 0 Å². The van der Waals surface area contributed by atoms with Gasteiger partial charge < -0.3 is 9.64 Å². The Morgan fingerprint density at radius 3 is 2.70 bits per heavy atom. The van der Waals surface area contributed by atoms with Gasteiger partial charge in [0.15, 0.2) is 5.78 Å². The van der Waals surface area contributed by atoms with E-state index in [4.69, 9.17) is 4.74 Å². The minimum Gasteiger partial charge on any atom is -0.462 e. The van der Waals surface area contributed by atoms with E-state index >= 15 is 0 Å². The molecular weight excluding hydrogens is 254 g/mol. The molecule has 0 amide bonds. The molecule has 1 atom stereocenters. The number of hydrogen-bond donors (Lipinski definition) is 0. The summed E-state index contributed by atoms with van der Waals surface area (Å²) in [6.45, 7) is 4.69. The van der Waals surface area contributed by atoms with Crippen LogP contribution in [0.2, 0.25) is 0 Å². The fourth-order valence-electron chi connectivity index (χ4n) is 2.27. The average molecular weight is 273 g/mol. The van der Waals surface area contributed by atoms with Gasteiger partial charge in [0.1, 0.15) is 5.57 Å². The molecule has 1 aliphatic heterocycles. The maximum absolute atomic E-state index is 11.8. The van der Waals surface area contributed by atoms with Crippen molar-refractivity contribution in [3.05, 3.63) is 47.7 Å². The van der Waals surface area contributed by atoms with Gasteiger partial charge in [-0.1, -0.05) is 30.3 Å². The van der Waals surface area contributed by atoms with Crippen LogP contribution in [0.4, 0.5) is 0 Å². The molecule has 106 valence electrons. The lowest BCUT2D eigenvalue weighted by molar-refractivity contribution is -0.140. The van der Waals surface area contributed by atoms with Gasteiger partial charge in [-0.05, 0) is 19.4 Å². The molecule has 1 aliphatic rings. The summed E-state index contributed by atoms with van der Waals surface area (Å²) in [6.07, 6.45) is 1.99. The molecule has 0 radical (unpaired) electrons. The van der Waals surface area contributed by atoms with Crippen LogP contribution >= 0.6 is 0 Å². The SMILES string of the molecule is CCOC(=O)C1=CN([C@@H](C)c2ccccc2)CCC1=O. The van der Waals surface area contributed by atoms with Crippen molar-refractivity contribution in [2.45, 2.75) is 26.3 Å². The van der Waals surface area contributed by atoms with Gasteiger partial charge in [0, 0.05) is 19.2 Å². The van der Waals surface area contributed by atoms with Crippen LogP contribution < -0.4 is 0 Å². The molecule has 0 saturated carbocycles. The van der Waals surface area contributed by atoms with Crippen molar-refractivity contribution in [2.24, 2.45) is 0 Å². The van der Waals surface area contributed by atoms with Crippen molar-refractivity contribution in [1.29, 1.82) is 0 Å². The Morgan fingerprint density at radius 2 is 2.05 bits per heavy atom. The quantitative estimate of drug-likeness (QED) is 0.624. The molecule has 0 fully saturated rings. The topological polar surface area (TPSA) is 46.6 Å². The van der Waals surface area contributed by atoms with E-state index in [-0.39, 0.29) is 24.0 Å². The second-order valence-corrected chi connectivity index (χ2v) is 4.76. The first kappa shape index (κ1) is 14.3. The Hall–Kier alpha value is -2.10. The van der Waals surface area contributed by atoms with Gasteiger partial charge in [0.05, 0.1) is 12.6 Å². The Morgan fingerprint density at radius 1 is 1.35 bits per heavy atom. The van der Waals surface area contributed by atoms with Gasteiger partial charge in [-0.25, -0.2) is 4.79 Å². The first-order chi connectivity index (χ1) is 9.63. The molecule has 1 aromatic carbocycles. The Labute approximate surface area is 119 Å². The highest BCUT2D eigenvalue weighted by molar-refractivity contribution is 6.17. The number of carbonyl (C=O) groups excluding carboxylic acids is 2. The van der Waals surface area contributed by atoms with E-state index in [1.54, 1.807) is 13.1 Å². The fraction of sp³-hybridized carbons (Fsp3) is 0.375. The summed E-state index contributed by atoms with van der Waals surface area (Å²) in [4.78, 5) is 25.6. The number of hydrogen-bond acceptors (Lipinski definition) is 4. The van der Waals surface area contributed by atoms with Crippen LogP contribution in [0.25, 0.3) is 0 Å². The lowest BCUT2D eigenvalue weighted by atomic mass is 10.0. The van der Waals surface area contributed by atoms with Gasteiger partial charge in [-0.3, -0.25) is 4.79 Å². The molecule has 4 nitrogen and oxygen atoms in total. The van der Waals surface area contributed by atoms with Crippen LogP contribution in [0, 0.1) is 0 Å². The molecule has 0 saturated heterocycles. The lowest BCUT2D eigenvalue weighted by Gasteiger charge is -2.31. The molecule has 0 spiro atoms. The van der Waals surface area contributed by atoms with Gasteiger partial charge in [0.2, 0.25) is 0 Å². The first-order valence-electron chi connectivity index (χ1n) is 6.86. The molecule has 4 heteroatoms. The molecule has 0 N–H and O–H groups in total. The Balaban J connectivity index is 2.20. The number of nitrogens with zero attached hydrogens (tertiary/aromatic N) is 1. The number of Topliss-reactive ketones (excluding diaryl/α,β-unsaturated/α-hetero) is 1. The van der Waals surface area contributed by atoms with Crippen LogP contribution in [0.15, 0.2) is 42.1 Å². The van der Waals surface area contributed by atoms with E-state index in [1.807, 2.05) is 35.2 Å². The number of esters is 1. The minimum absolute atomic E-state index is 0.119. The van der Waals surface area contributed by atoms with Crippen LogP contribution in [0.5, 0.6) is 0 Å². The number of rotatable bonds is 4. The second kappa shape index (κ2) is 6.37. The number of benzene rings is 1. The minimum atomic E-state index is -0.525. The smallest absolute Gasteiger partial charge is 0.343 e. The van der Waals surface area contributed by atoms with E-state index in [9.17, 15) is 9.59 Å². The summed E-state index contributed by atoms with van der Waals surface area (Å²) in [5.74, 6) is -0.664. The molecule has 0 bridgehead atoms. The Bertz CT molecular complexity index is 522. The average Bonchev–Trinajstić information content (AvgIpc) is 2.48. The molecule has 2 rings (SSSR count). The summed E-state index contributed by atoms with van der Waals surface area (Å²) >= 11 is 0. The van der Waals surface area contributed by atoms with Crippen LogP contribution in [0.1, 0.15) is 31.9 Å². The highest BCUT2D eigenvalue weighted by Crippen LogP contribution is 2.24. The van der Waals surface area contributed by atoms with Crippen molar-refractivity contribution >= 4 is 11.8 Å². The normalized spacial score (nSPS) is 16.6. The molecule has 1 heterocycles. The lowest BCUT2D eigenvalue weighted by Crippen LogP contribution is -2.32. The van der Waals surface area contributed by atoms with Crippen molar-refractivity contribution < 1.29 is 14.3 Å². The van der Waals surface area contributed by atoms with Crippen LogP contribution in [-0.4, -0.2) is 29.8 Å². The van der Waals surface area contributed by atoms with Gasteiger partial charge in [-0.15, -0.1) is 0 Å². The molecule has 0 unspecified atom stereocenters. The maximum atomic E-state index is 11.8. The van der Waals surface area contributed by atoms with Gasteiger partial charge >= 0.3 is 5.97 Å². The van der Waals surface area contributed by atoms with Crippen molar-refractivity contribution in [3.8, 4) is 0 Å². The van der Waals surface area contributed by atoms with Crippen LogP contribution in [-0.2, 0) is 14.3 Å². The molecule has 0 aromatic heterocycles. The fourth-order valence-corrected chi connectivity index (χ4v) is 2.27. The number of carbonyl (C=O) groups is 2. The van der Waals surface area contributed by atoms with Crippen molar-refractivity contribution in [2.75, 3.05) is 13.2 Å². The van der Waals surface area contributed by atoms with E-state index in [0.717, 1.165) is 5.56 Å². The summed E-state index contributed by atoms with van der Waals surface area (Å²) in [6, 6.07) is 10.1. The zero-order valence-electron chi connectivity index (χ0n) is 11.8. The molecule has 0 aliphatic carbocycles. The van der Waals surface area contributed by atoms with E-state index in [2.05, 4.69) is 6.92 Å². The third-order valence-corrected chi connectivity index (χ3v) is 3.47. The van der Waals surface area contributed by atoms with Gasteiger partial charge in [0.25, 0.3) is 0 Å². The van der Waals surface area contributed by atoms with E-state index in [1.165, 1.54) is 0 Å². The molecule has 1 aromatic rings. The standard InChI is InChI=1S/C16H19NO3/c1-3-20-16(19)14-11-17(10-9-15(14)18)12(2)13-7-5-4-6-8-13/h4-8,11-12H,3,9-10H2,1-2H3/t12-/m0/s1. The van der Waals surface area contributed by atoms with Crippen LogP contribution in [0.3, 0.4) is 0 Å². The van der Waals surface area contributed by atoms with E-state index < -0.39 is 5.97 Å². The highest BCUT2D eigenvalue weighted by Gasteiger charge is 2.27. The first-order valence-corrected chi connectivity index (χ1v) is 6.86. The third kappa shape index (κ3) is 3.07. The van der Waals surface area contributed by atoms with Crippen molar-refractivity contribution in [1.82, 2.24) is 4.90 Å². The predicted octanol–water partition coefficient (Wildman–Crippen LogP) is 2.47. The van der Waals surface area contributed by atoms with E-state index in [0.29, 0.717) is 13.0 Å². The zero-order chi connectivity index (χ0) is 14.5. The Kier molecular flexibility index (Phi) is 4.56. The molecule has 20 heavy (non-hydrogen) atoms.